The van der Waals surface area contributed by atoms with Gasteiger partial charge in [-0.2, -0.15) is 26.3 Å². The topological polar surface area (TPSA) is 62.7 Å². The third-order valence-corrected chi connectivity index (χ3v) is 4.10. The van der Waals surface area contributed by atoms with E-state index >= 15 is 0 Å². The van der Waals surface area contributed by atoms with Crippen molar-refractivity contribution in [2.24, 2.45) is 5.92 Å². The standard InChI is InChI=1S/C13H17F3N2O3.C4H5F3/c1-4-18(5-6-19)11-10(12(20)21-3)8(2)9(7-17-11)13(14,15)16;5-4(6,7)3-1-2-3/h7,19H,4-6H2,1-3H3;3H,1-2H2. The van der Waals surface area contributed by atoms with E-state index in [9.17, 15) is 31.1 Å². The van der Waals surface area contributed by atoms with E-state index in [0.29, 0.717) is 25.6 Å². The van der Waals surface area contributed by atoms with Crippen LogP contribution in [0.5, 0.6) is 0 Å². The molecule has 28 heavy (non-hydrogen) atoms. The van der Waals surface area contributed by atoms with E-state index in [0.717, 1.165) is 7.11 Å². The number of aromatic nitrogens is 1. The van der Waals surface area contributed by atoms with Crippen LogP contribution in [-0.4, -0.2) is 49.0 Å². The summed E-state index contributed by atoms with van der Waals surface area (Å²) in [7, 11) is 1.09. The predicted molar refractivity (Wildman–Crippen MR) is 89.1 cm³/mol. The highest BCUT2D eigenvalue weighted by atomic mass is 19.4. The molecule has 0 atom stereocenters. The Labute approximate surface area is 158 Å². The van der Waals surface area contributed by atoms with Gasteiger partial charge >= 0.3 is 18.3 Å². The first-order valence-corrected chi connectivity index (χ1v) is 8.46. The van der Waals surface area contributed by atoms with Crippen LogP contribution < -0.4 is 4.90 Å². The van der Waals surface area contributed by atoms with Gasteiger partial charge in [-0.25, -0.2) is 9.78 Å². The third-order valence-electron chi connectivity index (χ3n) is 4.10. The van der Waals surface area contributed by atoms with Crippen LogP contribution in [0.1, 0.15) is 41.3 Å². The van der Waals surface area contributed by atoms with Gasteiger partial charge in [-0.1, -0.05) is 0 Å². The van der Waals surface area contributed by atoms with Crippen LogP contribution in [0, 0.1) is 12.8 Å². The number of likely N-dealkylation sites (N-methyl/N-ethyl adjacent to an activating group) is 1. The Bertz CT molecular complexity index is 672. The van der Waals surface area contributed by atoms with Crippen molar-refractivity contribution in [1.29, 1.82) is 0 Å². The van der Waals surface area contributed by atoms with Crippen LogP contribution >= 0.6 is 0 Å². The van der Waals surface area contributed by atoms with Gasteiger partial charge in [0.05, 0.1) is 25.2 Å². The average Bonchev–Trinajstić information content (AvgIpc) is 3.43. The van der Waals surface area contributed by atoms with E-state index in [1.54, 1.807) is 6.92 Å². The normalized spacial score (nSPS) is 14.2. The van der Waals surface area contributed by atoms with E-state index in [4.69, 9.17) is 5.11 Å². The van der Waals surface area contributed by atoms with Gasteiger partial charge in [-0.15, -0.1) is 0 Å². The van der Waals surface area contributed by atoms with E-state index in [-0.39, 0.29) is 30.1 Å². The second-order valence-corrected chi connectivity index (χ2v) is 6.10. The molecule has 0 radical (unpaired) electrons. The van der Waals surface area contributed by atoms with Crippen molar-refractivity contribution >= 4 is 11.8 Å². The number of alkyl halides is 6. The summed E-state index contributed by atoms with van der Waals surface area (Å²) in [6, 6.07) is 0. The lowest BCUT2D eigenvalue weighted by molar-refractivity contribution is -0.147. The summed E-state index contributed by atoms with van der Waals surface area (Å²) in [6.45, 7) is 3.26. The van der Waals surface area contributed by atoms with Crippen molar-refractivity contribution in [2.45, 2.75) is 39.0 Å². The summed E-state index contributed by atoms with van der Waals surface area (Å²) in [6.07, 6.45) is -7.10. The van der Waals surface area contributed by atoms with Gasteiger partial charge in [0.1, 0.15) is 11.4 Å². The summed E-state index contributed by atoms with van der Waals surface area (Å²) in [5, 5.41) is 9.00. The maximum atomic E-state index is 12.9. The zero-order chi connectivity index (χ0) is 21.7. The van der Waals surface area contributed by atoms with E-state index in [1.165, 1.54) is 11.8 Å². The molecule has 1 heterocycles. The lowest BCUT2D eigenvalue weighted by atomic mass is 10.0. The van der Waals surface area contributed by atoms with Crippen LogP contribution in [0.15, 0.2) is 6.20 Å². The molecule has 160 valence electrons. The number of anilines is 1. The molecule has 0 spiro atoms. The van der Waals surface area contributed by atoms with Crippen LogP contribution in [0.2, 0.25) is 0 Å². The Morgan fingerprint density at radius 3 is 2.18 bits per heavy atom. The second-order valence-electron chi connectivity index (χ2n) is 6.10. The molecule has 0 unspecified atom stereocenters. The Balaban J connectivity index is 0.000000467. The fraction of sp³-hybridized carbons (Fsp3) is 0.647. The van der Waals surface area contributed by atoms with Crippen molar-refractivity contribution in [3.8, 4) is 0 Å². The molecule has 1 aromatic heterocycles. The number of hydrogen-bond donors (Lipinski definition) is 1. The first-order valence-electron chi connectivity index (χ1n) is 8.46. The van der Waals surface area contributed by atoms with Gasteiger partial charge in [0.2, 0.25) is 0 Å². The lowest BCUT2D eigenvalue weighted by Crippen LogP contribution is -2.30. The van der Waals surface area contributed by atoms with E-state index in [1.807, 2.05) is 0 Å². The van der Waals surface area contributed by atoms with Gasteiger partial charge in [0, 0.05) is 19.3 Å². The van der Waals surface area contributed by atoms with Gasteiger partial charge < -0.3 is 14.7 Å². The molecule has 1 N–H and O–H groups in total. The summed E-state index contributed by atoms with van der Waals surface area (Å²) < 4.78 is 77.0. The molecule has 11 heteroatoms. The molecule has 0 aromatic carbocycles. The molecule has 1 aliphatic rings. The molecule has 5 nitrogen and oxygen atoms in total. The number of aliphatic hydroxyl groups excluding tert-OH is 1. The SMILES string of the molecule is CCN(CCO)c1ncc(C(F)(F)F)c(C)c1C(=O)OC.FC(F)(F)C1CC1. The smallest absolute Gasteiger partial charge is 0.418 e. The Morgan fingerprint density at radius 2 is 1.86 bits per heavy atom. The summed E-state index contributed by atoms with van der Waals surface area (Å²) in [4.78, 5) is 17.1. The number of pyridine rings is 1. The molecule has 0 bridgehead atoms. The van der Waals surface area contributed by atoms with Crippen LogP contribution in [0.4, 0.5) is 32.2 Å². The van der Waals surface area contributed by atoms with Crippen LogP contribution in [-0.2, 0) is 10.9 Å². The van der Waals surface area contributed by atoms with Crippen molar-refractivity contribution in [3.05, 3.63) is 22.9 Å². The fourth-order valence-electron chi connectivity index (χ4n) is 2.41. The van der Waals surface area contributed by atoms with E-state index in [2.05, 4.69) is 9.72 Å². The monoisotopic (exact) mass is 416 g/mol. The molecule has 0 amide bonds. The molecule has 1 fully saturated rings. The zero-order valence-corrected chi connectivity index (χ0v) is 15.6. The predicted octanol–water partition coefficient (Wildman–Crippen LogP) is 3.97. The number of carbonyl (C=O) groups is 1. The van der Waals surface area contributed by atoms with E-state index < -0.39 is 29.8 Å². The molecule has 0 aliphatic heterocycles. The maximum Gasteiger partial charge on any atom is 0.418 e. The first kappa shape index (κ1) is 24.0. The number of nitrogens with zero attached hydrogens (tertiary/aromatic N) is 2. The van der Waals surface area contributed by atoms with Gasteiger partial charge in [-0.05, 0) is 32.3 Å². The number of esters is 1. The summed E-state index contributed by atoms with van der Waals surface area (Å²) in [5.74, 6) is -1.77. The minimum Gasteiger partial charge on any atom is -0.465 e. The lowest BCUT2D eigenvalue weighted by Gasteiger charge is -2.25. The zero-order valence-electron chi connectivity index (χ0n) is 15.6. The van der Waals surface area contributed by atoms with Crippen molar-refractivity contribution in [3.63, 3.8) is 0 Å². The number of aliphatic hydroxyl groups is 1. The van der Waals surface area contributed by atoms with Gasteiger partial charge in [0.15, 0.2) is 0 Å². The van der Waals surface area contributed by atoms with Gasteiger partial charge in [0.25, 0.3) is 0 Å². The average molecular weight is 416 g/mol. The largest absolute Gasteiger partial charge is 0.465 e. The molecule has 1 aliphatic carbocycles. The second kappa shape index (κ2) is 9.44. The molecular weight excluding hydrogens is 394 g/mol. The number of rotatable bonds is 5. The molecule has 1 aromatic rings. The maximum absolute atomic E-state index is 12.9. The first-order chi connectivity index (χ1) is 12.9. The third kappa shape index (κ3) is 6.25. The van der Waals surface area contributed by atoms with Crippen molar-refractivity contribution < 1.29 is 41.0 Å². The highest BCUT2D eigenvalue weighted by molar-refractivity contribution is 5.96. The quantitative estimate of drug-likeness (QED) is 0.581. The minimum absolute atomic E-state index is 0.0731. The molecule has 0 saturated heterocycles. The van der Waals surface area contributed by atoms with Crippen LogP contribution in [0.3, 0.4) is 0 Å². The Kier molecular flexibility index (Phi) is 8.09. The number of ether oxygens (including phenoxy) is 1. The number of carbonyl (C=O) groups excluding carboxylic acids is 1. The van der Waals surface area contributed by atoms with Crippen molar-refractivity contribution in [2.75, 3.05) is 31.7 Å². The highest BCUT2D eigenvalue weighted by Gasteiger charge is 2.46. The van der Waals surface area contributed by atoms with Gasteiger partial charge in [-0.3, -0.25) is 0 Å². The number of methoxy groups -OCH3 is 1. The molecular formula is C17H22F6N2O3. The van der Waals surface area contributed by atoms with Crippen LogP contribution in [0.25, 0.3) is 0 Å². The number of halogens is 6. The fourth-order valence-corrected chi connectivity index (χ4v) is 2.41. The number of hydrogen-bond acceptors (Lipinski definition) is 5. The Hall–Kier alpha value is -2.04. The summed E-state index contributed by atoms with van der Waals surface area (Å²) in [5.41, 5.74) is -1.45. The molecule has 2 rings (SSSR count). The molecule has 1 saturated carbocycles. The van der Waals surface area contributed by atoms with Crippen molar-refractivity contribution in [1.82, 2.24) is 4.98 Å². The minimum atomic E-state index is -4.60. The summed E-state index contributed by atoms with van der Waals surface area (Å²) >= 11 is 0. The Morgan fingerprint density at radius 1 is 1.29 bits per heavy atom. The highest BCUT2D eigenvalue weighted by Crippen LogP contribution is 2.43.